The third-order valence-electron chi connectivity index (χ3n) is 2.93. The van der Waals surface area contributed by atoms with Crippen LogP contribution in [0.5, 0.6) is 11.5 Å². The van der Waals surface area contributed by atoms with Crippen molar-refractivity contribution in [2.45, 2.75) is 6.92 Å². The van der Waals surface area contributed by atoms with Crippen molar-refractivity contribution in [3.05, 3.63) is 59.9 Å². The predicted octanol–water partition coefficient (Wildman–Crippen LogP) is 4.83. The Labute approximate surface area is 124 Å². The second-order valence-corrected chi connectivity index (χ2v) is 4.27. The van der Waals surface area contributed by atoms with Gasteiger partial charge in [-0.05, 0) is 31.2 Å². The summed E-state index contributed by atoms with van der Waals surface area (Å²) in [4.78, 5) is 0. The molecule has 2 nitrogen and oxygen atoms in total. The highest BCUT2D eigenvalue weighted by Crippen LogP contribution is 2.34. The Hall–Kier alpha value is -2.50. The average Bonchev–Trinajstić information content (AvgIpc) is 2.52. The Bertz CT molecular complexity index is 727. The Morgan fingerprint density at radius 3 is 1.77 bits per heavy atom. The normalized spacial score (nSPS) is 11.0. The van der Waals surface area contributed by atoms with E-state index in [-0.39, 0.29) is 11.5 Å². The monoisotopic (exact) mass is 312 g/mol. The van der Waals surface area contributed by atoms with Gasteiger partial charge in [-0.25, -0.2) is 8.78 Å². The molecular weight excluding hydrogens is 300 g/mol. The van der Waals surface area contributed by atoms with Gasteiger partial charge in [0, 0.05) is 11.1 Å². The summed E-state index contributed by atoms with van der Waals surface area (Å²) in [5.74, 6) is -5.88. The lowest BCUT2D eigenvalue weighted by Gasteiger charge is -2.10. The van der Waals surface area contributed by atoms with Gasteiger partial charge in [0.15, 0.2) is 23.1 Å². The molecule has 0 radical (unpaired) electrons. The number of rotatable bonds is 4. The van der Waals surface area contributed by atoms with Gasteiger partial charge < -0.3 is 9.47 Å². The molecule has 0 saturated heterocycles. The van der Waals surface area contributed by atoms with Crippen molar-refractivity contribution in [1.29, 1.82) is 0 Å². The van der Waals surface area contributed by atoms with Crippen LogP contribution in [-0.2, 0) is 0 Å². The minimum absolute atomic E-state index is 0.324. The van der Waals surface area contributed by atoms with Crippen molar-refractivity contribution in [3.8, 4) is 22.6 Å². The van der Waals surface area contributed by atoms with E-state index in [0.717, 1.165) is 24.3 Å². The van der Waals surface area contributed by atoms with Crippen molar-refractivity contribution in [2.24, 2.45) is 0 Å². The number of ether oxygens (including phenoxy) is 2. The molecule has 0 amide bonds. The zero-order valence-corrected chi connectivity index (χ0v) is 11.8. The van der Waals surface area contributed by atoms with E-state index in [1.807, 2.05) is 0 Å². The molecule has 0 heterocycles. The van der Waals surface area contributed by atoms with E-state index in [0.29, 0.717) is 0 Å². The van der Waals surface area contributed by atoms with E-state index in [1.165, 1.54) is 19.4 Å². The Morgan fingerprint density at radius 1 is 0.773 bits per heavy atom. The molecule has 0 saturated carbocycles. The van der Waals surface area contributed by atoms with Crippen molar-refractivity contribution in [2.75, 3.05) is 7.11 Å². The summed E-state index contributed by atoms with van der Waals surface area (Å²) in [6.45, 7) is 1.64. The van der Waals surface area contributed by atoms with Gasteiger partial charge in [-0.15, -0.1) is 0 Å². The average molecular weight is 312 g/mol. The van der Waals surface area contributed by atoms with Crippen LogP contribution in [0.3, 0.4) is 0 Å². The summed E-state index contributed by atoms with van der Waals surface area (Å²) in [5, 5.41) is 0. The van der Waals surface area contributed by atoms with Crippen LogP contribution in [0, 0.1) is 23.3 Å². The summed E-state index contributed by atoms with van der Waals surface area (Å²) < 4.78 is 65.1. The molecule has 2 aromatic carbocycles. The molecule has 2 aromatic rings. The van der Waals surface area contributed by atoms with Gasteiger partial charge in [-0.3, -0.25) is 0 Å². The van der Waals surface area contributed by atoms with E-state index in [2.05, 4.69) is 4.74 Å². The lowest BCUT2D eigenvalue weighted by Crippen LogP contribution is -1.99. The quantitative estimate of drug-likeness (QED) is 0.594. The standard InChI is InChI=1S/C16H12F4O2/c1-3-8-22-12-7-5-10(14(18)16(12)20)9-4-6-11(21-2)15(19)13(9)17/h3-8H,1-2H3. The Balaban J connectivity index is 2.55. The first-order chi connectivity index (χ1) is 10.5. The van der Waals surface area contributed by atoms with Crippen LogP contribution < -0.4 is 9.47 Å². The van der Waals surface area contributed by atoms with Gasteiger partial charge in [0.25, 0.3) is 0 Å². The predicted molar refractivity (Wildman–Crippen MR) is 73.7 cm³/mol. The summed E-state index contributed by atoms with van der Waals surface area (Å²) in [5.41, 5.74) is -0.823. The molecular formula is C16H12F4O2. The van der Waals surface area contributed by atoms with Gasteiger partial charge in [-0.1, -0.05) is 6.08 Å². The first-order valence-corrected chi connectivity index (χ1v) is 6.29. The fraction of sp³-hybridized carbons (Fsp3) is 0.125. The number of halogens is 4. The Morgan fingerprint density at radius 2 is 1.27 bits per heavy atom. The first-order valence-electron chi connectivity index (χ1n) is 6.29. The van der Waals surface area contributed by atoms with Crippen LogP contribution in [0.1, 0.15) is 6.92 Å². The largest absolute Gasteiger partial charge is 0.494 e. The molecule has 116 valence electrons. The van der Waals surface area contributed by atoms with E-state index < -0.39 is 34.4 Å². The van der Waals surface area contributed by atoms with Crippen molar-refractivity contribution < 1.29 is 27.0 Å². The van der Waals surface area contributed by atoms with Gasteiger partial charge >= 0.3 is 0 Å². The molecule has 6 heteroatoms. The molecule has 0 aliphatic heterocycles. The van der Waals surface area contributed by atoms with E-state index in [1.54, 1.807) is 6.92 Å². The van der Waals surface area contributed by atoms with E-state index >= 15 is 0 Å². The second-order valence-electron chi connectivity index (χ2n) is 4.27. The summed E-state index contributed by atoms with van der Waals surface area (Å²) in [6.07, 6.45) is 2.66. The van der Waals surface area contributed by atoms with E-state index in [4.69, 9.17) is 4.74 Å². The molecule has 0 aromatic heterocycles. The number of hydrogen-bond acceptors (Lipinski definition) is 2. The molecule has 0 aliphatic rings. The molecule has 0 bridgehead atoms. The third-order valence-corrected chi connectivity index (χ3v) is 2.93. The highest BCUT2D eigenvalue weighted by molar-refractivity contribution is 5.67. The fourth-order valence-corrected chi connectivity index (χ4v) is 1.87. The van der Waals surface area contributed by atoms with Gasteiger partial charge in [0.1, 0.15) is 0 Å². The van der Waals surface area contributed by atoms with Crippen LogP contribution in [0.4, 0.5) is 17.6 Å². The number of allylic oxidation sites excluding steroid dienone is 1. The fourth-order valence-electron chi connectivity index (χ4n) is 1.87. The lowest BCUT2D eigenvalue weighted by molar-refractivity contribution is 0.372. The number of benzene rings is 2. The van der Waals surface area contributed by atoms with Crippen LogP contribution in [0.25, 0.3) is 11.1 Å². The number of hydrogen-bond donors (Lipinski definition) is 0. The number of methoxy groups -OCH3 is 1. The summed E-state index contributed by atoms with van der Waals surface area (Å²) in [7, 11) is 1.17. The zero-order valence-electron chi connectivity index (χ0n) is 11.8. The highest BCUT2D eigenvalue weighted by atomic mass is 19.2. The molecule has 0 atom stereocenters. The van der Waals surface area contributed by atoms with Crippen molar-refractivity contribution in [1.82, 2.24) is 0 Å². The third kappa shape index (κ3) is 2.77. The van der Waals surface area contributed by atoms with Crippen LogP contribution in [-0.4, -0.2) is 7.11 Å². The smallest absolute Gasteiger partial charge is 0.201 e. The second kappa shape index (κ2) is 6.51. The molecule has 0 unspecified atom stereocenters. The van der Waals surface area contributed by atoms with Crippen LogP contribution in [0.2, 0.25) is 0 Å². The highest BCUT2D eigenvalue weighted by Gasteiger charge is 2.21. The van der Waals surface area contributed by atoms with Crippen LogP contribution >= 0.6 is 0 Å². The van der Waals surface area contributed by atoms with Gasteiger partial charge in [0.2, 0.25) is 11.6 Å². The minimum Gasteiger partial charge on any atom is -0.494 e. The molecule has 0 fully saturated rings. The lowest BCUT2D eigenvalue weighted by atomic mass is 10.0. The summed E-state index contributed by atoms with van der Waals surface area (Å²) >= 11 is 0. The van der Waals surface area contributed by atoms with Crippen molar-refractivity contribution in [3.63, 3.8) is 0 Å². The van der Waals surface area contributed by atoms with Gasteiger partial charge in [-0.2, -0.15) is 8.78 Å². The Kier molecular flexibility index (Phi) is 4.70. The molecule has 22 heavy (non-hydrogen) atoms. The maximum atomic E-state index is 14.1. The molecule has 2 rings (SSSR count). The van der Waals surface area contributed by atoms with E-state index in [9.17, 15) is 17.6 Å². The summed E-state index contributed by atoms with van der Waals surface area (Å²) in [6, 6.07) is 4.49. The van der Waals surface area contributed by atoms with Crippen molar-refractivity contribution >= 4 is 0 Å². The zero-order chi connectivity index (χ0) is 16.3. The molecule has 0 aliphatic carbocycles. The maximum Gasteiger partial charge on any atom is 0.201 e. The first kappa shape index (κ1) is 15.9. The maximum absolute atomic E-state index is 14.1. The van der Waals surface area contributed by atoms with Gasteiger partial charge in [0.05, 0.1) is 13.4 Å². The van der Waals surface area contributed by atoms with Crippen LogP contribution in [0.15, 0.2) is 36.6 Å². The minimum atomic E-state index is -1.33. The SMILES string of the molecule is CC=COc1ccc(-c2ccc(OC)c(F)c2F)c(F)c1F. The molecule has 0 N–H and O–H groups in total. The topological polar surface area (TPSA) is 18.5 Å². The molecule has 0 spiro atoms.